The van der Waals surface area contributed by atoms with Gasteiger partial charge in [-0.1, -0.05) is 29.8 Å². The molecule has 168 valence electrons. The third-order valence-electron chi connectivity index (χ3n) is 5.38. The van der Waals surface area contributed by atoms with Crippen molar-refractivity contribution in [2.24, 2.45) is 0 Å². The minimum absolute atomic E-state index is 0.128. The molecule has 0 atom stereocenters. The van der Waals surface area contributed by atoms with Gasteiger partial charge >= 0.3 is 0 Å². The minimum Gasteiger partial charge on any atom is -0.470 e. The lowest BCUT2D eigenvalue weighted by Crippen LogP contribution is -2.48. The number of carbonyl (C=O) groups excluding carboxylic acids is 1. The Bertz CT molecular complexity index is 1110. The number of ether oxygens (including phenoxy) is 1. The van der Waals surface area contributed by atoms with Crippen LogP contribution in [0.25, 0.3) is 0 Å². The SMILES string of the molecule is Cc1ccc(Cl)c(OCn2ccc(C(=O)N3CCN(Cc4cccc(F)c4F)CC3)n2)c1. The van der Waals surface area contributed by atoms with Crippen LogP contribution in [0.2, 0.25) is 5.02 Å². The number of aryl methyl sites for hydroxylation is 1. The maximum absolute atomic E-state index is 13.9. The summed E-state index contributed by atoms with van der Waals surface area (Å²) in [6.07, 6.45) is 1.68. The van der Waals surface area contributed by atoms with Gasteiger partial charge in [0.1, 0.15) is 5.75 Å². The average Bonchev–Trinajstić information content (AvgIpc) is 3.27. The molecule has 1 aliphatic heterocycles. The average molecular weight is 461 g/mol. The Hall–Kier alpha value is -2.97. The number of nitrogens with zero attached hydrogens (tertiary/aromatic N) is 4. The molecule has 32 heavy (non-hydrogen) atoms. The number of rotatable bonds is 6. The molecule has 1 aromatic heterocycles. The van der Waals surface area contributed by atoms with E-state index in [0.717, 1.165) is 11.6 Å². The number of piperazine rings is 1. The Balaban J connectivity index is 1.30. The molecular formula is C23H23ClF2N4O2. The van der Waals surface area contributed by atoms with Gasteiger partial charge < -0.3 is 9.64 Å². The van der Waals surface area contributed by atoms with Crippen molar-refractivity contribution in [1.29, 1.82) is 0 Å². The van der Waals surface area contributed by atoms with Crippen LogP contribution in [-0.4, -0.2) is 51.7 Å². The molecule has 1 fully saturated rings. The van der Waals surface area contributed by atoms with Gasteiger partial charge in [0.15, 0.2) is 24.1 Å². The van der Waals surface area contributed by atoms with Gasteiger partial charge in [-0.2, -0.15) is 5.10 Å². The highest BCUT2D eigenvalue weighted by Crippen LogP contribution is 2.25. The lowest BCUT2D eigenvalue weighted by atomic mass is 10.1. The van der Waals surface area contributed by atoms with E-state index in [4.69, 9.17) is 16.3 Å². The smallest absolute Gasteiger partial charge is 0.274 e. The molecule has 0 spiro atoms. The maximum atomic E-state index is 13.9. The summed E-state index contributed by atoms with van der Waals surface area (Å²) < 4.78 is 34.6. The van der Waals surface area contributed by atoms with E-state index < -0.39 is 11.6 Å². The van der Waals surface area contributed by atoms with Gasteiger partial charge in [0.25, 0.3) is 5.91 Å². The number of carbonyl (C=O) groups is 1. The molecule has 4 rings (SSSR count). The highest BCUT2D eigenvalue weighted by molar-refractivity contribution is 6.32. The van der Waals surface area contributed by atoms with Crippen LogP contribution in [-0.2, 0) is 13.3 Å². The zero-order chi connectivity index (χ0) is 22.7. The van der Waals surface area contributed by atoms with E-state index in [1.54, 1.807) is 29.3 Å². The summed E-state index contributed by atoms with van der Waals surface area (Å²) in [6, 6.07) is 11.3. The monoisotopic (exact) mass is 460 g/mol. The first-order valence-electron chi connectivity index (χ1n) is 10.3. The van der Waals surface area contributed by atoms with Crippen molar-refractivity contribution < 1.29 is 18.3 Å². The van der Waals surface area contributed by atoms with Gasteiger partial charge in [-0.05, 0) is 36.8 Å². The van der Waals surface area contributed by atoms with Gasteiger partial charge in [-0.15, -0.1) is 0 Å². The fourth-order valence-corrected chi connectivity index (χ4v) is 3.76. The Kier molecular flexibility index (Phi) is 6.72. The van der Waals surface area contributed by atoms with Gasteiger partial charge in [0.05, 0.1) is 5.02 Å². The van der Waals surface area contributed by atoms with Crippen molar-refractivity contribution in [3.8, 4) is 5.75 Å². The van der Waals surface area contributed by atoms with Crippen molar-refractivity contribution >= 4 is 17.5 Å². The summed E-state index contributed by atoms with van der Waals surface area (Å²) in [5.41, 5.74) is 1.67. The van der Waals surface area contributed by atoms with Crippen molar-refractivity contribution in [1.82, 2.24) is 19.6 Å². The quantitative estimate of drug-likeness (QED) is 0.555. The molecule has 0 aliphatic carbocycles. The van der Waals surface area contributed by atoms with Crippen molar-refractivity contribution in [2.45, 2.75) is 20.2 Å². The maximum Gasteiger partial charge on any atom is 0.274 e. The number of hydrogen-bond acceptors (Lipinski definition) is 4. The summed E-state index contributed by atoms with van der Waals surface area (Å²) in [6.45, 7) is 4.48. The summed E-state index contributed by atoms with van der Waals surface area (Å²) >= 11 is 6.14. The first kappa shape index (κ1) is 22.2. The second kappa shape index (κ2) is 9.67. The summed E-state index contributed by atoms with van der Waals surface area (Å²) in [5.74, 6) is -1.28. The molecule has 1 amide bonds. The summed E-state index contributed by atoms with van der Waals surface area (Å²) in [7, 11) is 0. The lowest BCUT2D eigenvalue weighted by Gasteiger charge is -2.34. The third kappa shape index (κ3) is 5.08. The van der Waals surface area contributed by atoms with Crippen LogP contribution in [0.15, 0.2) is 48.7 Å². The van der Waals surface area contributed by atoms with Crippen LogP contribution in [0, 0.1) is 18.6 Å². The van der Waals surface area contributed by atoms with Crippen LogP contribution in [0.3, 0.4) is 0 Å². The number of aromatic nitrogens is 2. The van der Waals surface area contributed by atoms with Gasteiger partial charge in [-0.25, -0.2) is 13.5 Å². The van der Waals surface area contributed by atoms with Crippen LogP contribution >= 0.6 is 11.6 Å². The minimum atomic E-state index is -0.847. The molecule has 6 nitrogen and oxygen atoms in total. The highest BCUT2D eigenvalue weighted by atomic mass is 35.5. The number of benzene rings is 2. The number of hydrogen-bond donors (Lipinski definition) is 0. The van der Waals surface area contributed by atoms with Crippen LogP contribution in [0.1, 0.15) is 21.6 Å². The first-order chi connectivity index (χ1) is 15.4. The Morgan fingerprint density at radius 3 is 2.69 bits per heavy atom. The topological polar surface area (TPSA) is 50.6 Å². The fourth-order valence-electron chi connectivity index (χ4n) is 3.59. The van der Waals surface area contributed by atoms with E-state index in [9.17, 15) is 13.6 Å². The van der Waals surface area contributed by atoms with E-state index in [2.05, 4.69) is 5.10 Å². The molecule has 0 bridgehead atoms. The normalized spacial score (nSPS) is 14.6. The van der Waals surface area contributed by atoms with Crippen LogP contribution in [0.4, 0.5) is 8.78 Å². The van der Waals surface area contributed by atoms with Crippen LogP contribution < -0.4 is 4.74 Å². The van der Waals surface area contributed by atoms with Gasteiger partial charge in [0, 0.05) is 44.5 Å². The molecule has 0 saturated carbocycles. The predicted octanol–water partition coefficient (Wildman–Crippen LogP) is 4.12. The lowest BCUT2D eigenvalue weighted by molar-refractivity contribution is 0.0619. The van der Waals surface area contributed by atoms with E-state index in [1.807, 2.05) is 24.0 Å². The van der Waals surface area contributed by atoms with Crippen molar-refractivity contribution in [3.05, 3.63) is 82.1 Å². The Morgan fingerprint density at radius 2 is 1.91 bits per heavy atom. The highest BCUT2D eigenvalue weighted by Gasteiger charge is 2.24. The molecular weight excluding hydrogens is 438 g/mol. The zero-order valence-electron chi connectivity index (χ0n) is 17.6. The molecule has 2 heterocycles. The molecule has 0 unspecified atom stereocenters. The van der Waals surface area contributed by atoms with Crippen molar-refractivity contribution in [3.63, 3.8) is 0 Å². The Labute approximate surface area is 189 Å². The zero-order valence-corrected chi connectivity index (χ0v) is 18.4. The van der Waals surface area contributed by atoms with E-state index in [0.29, 0.717) is 54.8 Å². The summed E-state index contributed by atoms with van der Waals surface area (Å²) in [5, 5.41) is 4.82. The fraction of sp³-hybridized carbons (Fsp3) is 0.304. The van der Waals surface area contributed by atoms with E-state index in [-0.39, 0.29) is 12.6 Å². The second-order valence-electron chi connectivity index (χ2n) is 7.73. The van der Waals surface area contributed by atoms with Crippen molar-refractivity contribution in [2.75, 3.05) is 26.2 Å². The first-order valence-corrected chi connectivity index (χ1v) is 10.7. The molecule has 0 radical (unpaired) electrons. The number of halogens is 3. The van der Waals surface area contributed by atoms with Gasteiger partial charge in [-0.3, -0.25) is 9.69 Å². The van der Waals surface area contributed by atoms with Gasteiger partial charge in [0.2, 0.25) is 0 Å². The second-order valence-corrected chi connectivity index (χ2v) is 8.14. The number of amides is 1. The molecule has 2 aromatic carbocycles. The van der Waals surface area contributed by atoms with E-state index in [1.165, 1.54) is 10.7 Å². The molecule has 0 N–H and O–H groups in total. The predicted molar refractivity (Wildman–Crippen MR) is 117 cm³/mol. The standard InChI is InChI=1S/C23H23ClF2N4O2/c1-16-5-6-18(24)21(13-16)32-15-30-8-7-20(27-30)23(31)29-11-9-28(10-12-29)14-17-3-2-4-19(25)22(17)26/h2-8,13H,9-12,14-15H2,1H3. The molecule has 3 aromatic rings. The molecule has 9 heteroatoms. The van der Waals surface area contributed by atoms with Crippen LogP contribution in [0.5, 0.6) is 5.75 Å². The Morgan fingerprint density at radius 1 is 1.12 bits per heavy atom. The summed E-state index contributed by atoms with van der Waals surface area (Å²) in [4.78, 5) is 16.5. The largest absolute Gasteiger partial charge is 0.470 e. The molecule has 1 saturated heterocycles. The molecule has 1 aliphatic rings. The van der Waals surface area contributed by atoms with E-state index >= 15 is 0 Å². The third-order valence-corrected chi connectivity index (χ3v) is 5.70.